The molecule has 0 aliphatic carbocycles. The van der Waals surface area contributed by atoms with Gasteiger partial charge in [0.15, 0.2) is 0 Å². The van der Waals surface area contributed by atoms with Crippen LogP contribution in [0.3, 0.4) is 0 Å². The zero-order valence-corrected chi connectivity index (χ0v) is 16.4. The molecule has 1 aliphatic rings. The molecule has 1 aliphatic heterocycles. The van der Waals surface area contributed by atoms with Gasteiger partial charge in [0.25, 0.3) is 5.91 Å². The van der Waals surface area contributed by atoms with E-state index in [1.54, 1.807) is 7.11 Å². The van der Waals surface area contributed by atoms with Crippen LogP contribution in [0.5, 0.6) is 5.75 Å². The highest BCUT2D eigenvalue weighted by Gasteiger charge is 2.25. The summed E-state index contributed by atoms with van der Waals surface area (Å²) in [5.41, 5.74) is 1.91. The Bertz CT molecular complexity index is 732. The van der Waals surface area contributed by atoms with Gasteiger partial charge in [-0.05, 0) is 56.5 Å². The van der Waals surface area contributed by atoms with Crippen LogP contribution in [0.1, 0.15) is 28.8 Å². The smallest absolute Gasteiger partial charge is 0.257 e. The summed E-state index contributed by atoms with van der Waals surface area (Å²) in [6.45, 7) is 3.73. The van der Waals surface area contributed by atoms with E-state index in [-0.39, 0.29) is 5.91 Å². The van der Waals surface area contributed by atoms with Gasteiger partial charge in [-0.2, -0.15) is 0 Å². The maximum atomic E-state index is 13.3. The standard InChI is InChI=1S/C23H30N2O2/c1-24-15-8-11-20(17-24)18-25(16-14-19-9-4-3-5-10-19)23(26)21-12-6-7-13-22(21)27-2/h3-7,9-10,12-13,20H,8,11,14-18H2,1-2H3. The monoisotopic (exact) mass is 366 g/mol. The quantitative estimate of drug-likeness (QED) is 0.749. The normalized spacial score (nSPS) is 17.5. The molecule has 27 heavy (non-hydrogen) atoms. The second-order valence-corrected chi connectivity index (χ2v) is 7.46. The molecule has 2 aromatic rings. The lowest BCUT2D eigenvalue weighted by molar-refractivity contribution is 0.0690. The number of piperidine rings is 1. The second-order valence-electron chi connectivity index (χ2n) is 7.46. The average molecular weight is 367 g/mol. The molecule has 1 unspecified atom stereocenters. The van der Waals surface area contributed by atoms with Crippen LogP contribution < -0.4 is 4.74 Å². The Kier molecular flexibility index (Phi) is 6.88. The van der Waals surface area contributed by atoms with Crippen molar-refractivity contribution in [3.05, 3.63) is 65.7 Å². The van der Waals surface area contributed by atoms with Gasteiger partial charge >= 0.3 is 0 Å². The van der Waals surface area contributed by atoms with Crippen molar-refractivity contribution in [2.24, 2.45) is 5.92 Å². The number of rotatable bonds is 7. The van der Waals surface area contributed by atoms with Crippen LogP contribution >= 0.6 is 0 Å². The second kappa shape index (κ2) is 9.56. The molecule has 0 radical (unpaired) electrons. The summed E-state index contributed by atoms with van der Waals surface area (Å²) < 4.78 is 5.43. The van der Waals surface area contributed by atoms with E-state index in [1.165, 1.54) is 18.4 Å². The van der Waals surface area contributed by atoms with Gasteiger partial charge in [0.2, 0.25) is 0 Å². The Balaban J connectivity index is 1.76. The maximum absolute atomic E-state index is 13.3. The molecule has 2 aromatic carbocycles. The number of carbonyl (C=O) groups excluding carboxylic acids is 1. The summed E-state index contributed by atoms with van der Waals surface area (Å²) in [4.78, 5) is 17.7. The lowest BCUT2D eigenvalue weighted by Gasteiger charge is -2.34. The number of carbonyl (C=O) groups is 1. The number of amides is 1. The van der Waals surface area contributed by atoms with E-state index in [0.717, 1.165) is 32.6 Å². The average Bonchev–Trinajstić information content (AvgIpc) is 2.71. The SMILES string of the molecule is COc1ccccc1C(=O)N(CCc1ccccc1)CC1CCCN(C)C1. The summed E-state index contributed by atoms with van der Waals surface area (Å²) >= 11 is 0. The van der Waals surface area contributed by atoms with Gasteiger partial charge < -0.3 is 14.5 Å². The molecule has 0 bridgehead atoms. The minimum absolute atomic E-state index is 0.0663. The molecule has 0 aromatic heterocycles. The van der Waals surface area contributed by atoms with Crippen molar-refractivity contribution in [1.82, 2.24) is 9.80 Å². The number of ether oxygens (including phenoxy) is 1. The van der Waals surface area contributed by atoms with Crippen molar-refractivity contribution in [1.29, 1.82) is 0 Å². The topological polar surface area (TPSA) is 32.8 Å². The first-order chi connectivity index (χ1) is 13.2. The Hall–Kier alpha value is -2.33. The van der Waals surface area contributed by atoms with E-state index >= 15 is 0 Å². The summed E-state index contributed by atoms with van der Waals surface area (Å²) in [7, 11) is 3.79. The molecule has 0 N–H and O–H groups in total. The van der Waals surface area contributed by atoms with E-state index in [4.69, 9.17) is 4.74 Å². The minimum Gasteiger partial charge on any atom is -0.496 e. The molecule has 1 saturated heterocycles. The maximum Gasteiger partial charge on any atom is 0.257 e. The van der Waals surface area contributed by atoms with Gasteiger partial charge in [-0.15, -0.1) is 0 Å². The molecule has 144 valence electrons. The largest absolute Gasteiger partial charge is 0.496 e. The van der Waals surface area contributed by atoms with Gasteiger partial charge in [0.1, 0.15) is 5.75 Å². The molecule has 4 heteroatoms. The minimum atomic E-state index is 0.0663. The van der Waals surface area contributed by atoms with Crippen LogP contribution in [0.15, 0.2) is 54.6 Å². The molecule has 1 heterocycles. The molecular weight excluding hydrogens is 336 g/mol. The predicted molar refractivity (Wildman–Crippen MR) is 109 cm³/mol. The molecule has 1 fully saturated rings. The molecule has 0 spiro atoms. The zero-order chi connectivity index (χ0) is 19.1. The van der Waals surface area contributed by atoms with E-state index in [0.29, 0.717) is 17.2 Å². The van der Waals surface area contributed by atoms with Gasteiger partial charge in [0.05, 0.1) is 12.7 Å². The van der Waals surface area contributed by atoms with Crippen molar-refractivity contribution in [2.75, 3.05) is 40.3 Å². The summed E-state index contributed by atoms with van der Waals surface area (Å²) in [5, 5.41) is 0. The first kappa shape index (κ1) is 19.4. The Morgan fingerprint density at radius 2 is 1.89 bits per heavy atom. The van der Waals surface area contributed by atoms with Crippen molar-refractivity contribution < 1.29 is 9.53 Å². The highest BCUT2D eigenvalue weighted by Crippen LogP contribution is 2.22. The van der Waals surface area contributed by atoms with E-state index in [2.05, 4.69) is 36.2 Å². The first-order valence-corrected chi connectivity index (χ1v) is 9.82. The Morgan fingerprint density at radius 1 is 1.15 bits per heavy atom. The molecule has 4 nitrogen and oxygen atoms in total. The lowest BCUT2D eigenvalue weighted by Crippen LogP contribution is -2.42. The third-order valence-electron chi connectivity index (χ3n) is 5.34. The molecular formula is C23H30N2O2. The third-order valence-corrected chi connectivity index (χ3v) is 5.34. The van der Waals surface area contributed by atoms with Crippen LogP contribution in [-0.2, 0) is 6.42 Å². The fraction of sp³-hybridized carbons (Fsp3) is 0.435. The van der Waals surface area contributed by atoms with Crippen LogP contribution in [0.4, 0.5) is 0 Å². The highest BCUT2D eigenvalue weighted by molar-refractivity contribution is 5.97. The Morgan fingerprint density at radius 3 is 2.63 bits per heavy atom. The lowest BCUT2D eigenvalue weighted by atomic mass is 9.97. The number of benzene rings is 2. The fourth-order valence-corrected chi connectivity index (χ4v) is 3.91. The van der Waals surface area contributed by atoms with Crippen LogP contribution in [-0.4, -0.2) is 56.0 Å². The van der Waals surface area contributed by atoms with Crippen molar-refractivity contribution in [2.45, 2.75) is 19.3 Å². The highest BCUT2D eigenvalue weighted by atomic mass is 16.5. The van der Waals surface area contributed by atoms with Crippen LogP contribution in [0, 0.1) is 5.92 Å². The van der Waals surface area contributed by atoms with Gasteiger partial charge in [-0.3, -0.25) is 4.79 Å². The van der Waals surface area contributed by atoms with Crippen LogP contribution in [0.25, 0.3) is 0 Å². The fourth-order valence-electron chi connectivity index (χ4n) is 3.91. The number of hydrogen-bond donors (Lipinski definition) is 0. The van der Waals surface area contributed by atoms with Crippen molar-refractivity contribution in [3.8, 4) is 5.75 Å². The summed E-state index contributed by atoms with van der Waals surface area (Å²) in [6.07, 6.45) is 3.26. The Labute approximate surface area is 162 Å². The number of nitrogens with zero attached hydrogens (tertiary/aromatic N) is 2. The predicted octanol–water partition coefficient (Wildman–Crippen LogP) is 3.72. The number of hydrogen-bond acceptors (Lipinski definition) is 3. The van der Waals surface area contributed by atoms with E-state index in [1.807, 2.05) is 35.2 Å². The van der Waals surface area contributed by atoms with Gasteiger partial charge in [0, 0.05) is 19.6 Å². The summed E-state index contributed by atoms with van der Waals surface area (Å²) in [5.74, 6) is 1.24. The molecule has 1 amide bonds. The van der Waals surface area contributed by atoms with E-state index in [9.17, 15) is 4.79 Å². The number of para-hydroxylation sites is 1. The van der Waals surface area contributed by atoms with Crippen molar-refractivity contribution in [3.63, 3.8) is 0 Å². The molecule has 3 rings (SSSR count). The zero-order valence-electron chi connectivity index (χ0n) is 16.4. The van der Waals surface area contributed by atoms with Gasteiger partial charge in [-0.25, -0.2) is 0 Å². The molecule has 0 saturated carbocycles. The number of likely N-dealkylation sites (tertiary alicyclic amines) is 1. The summed E-state index contributed by atoms with van der Waals surface area (Å²) in [6, 6.07) is 17.9. The number of methoxy groups -OCH3 is 1. The van der Waals surface area contributed by atoms with E-state index < -0.39 is 0 Å². The van der Waals surface area contributed by atoms with Crippen LogP contribution in [0.2, 0.25) is 0 Å². The molecule has 1 atom stereocenters. The van der Waals surface area contributed by atoms with Gasteiger partial charge in [-0.1, -0.05) is 42.5 Å². The first-order valence-electron chi connectivity index (χ1n) is 9.82. The third kappa shape index (κ3) is 5.33. The van der Waals surface area contributed by atoms with Crippen molar-refractivity contribution >= 4 is 5.91 Å².